The minimum absolute atomic E-state index is 0.00133. The van der Waals surface area contributed by atoms with E-state index in [4.69, 9.17) is 14.2 Å². The molecule has 0 aliphatic heterocycles. The van der Waals surface area contributed by atoms with E-state index in [1.165, 1.54) is 26.2 Å². The van der Waals surface area contributed by atoms with Gasteiger partial charge in [0.2, 0.25) is 17.7 Å². The van der Waals surface area contributed by atoms with Crippen LogP contribution in [0.2, 0.25) is 0 Å². The zero-order valence-corrected chi connectivity index (χ0v) is 27.1. The summed E-state index contributed by atoms with van der Waals surface area (Å²) in [7, 11) is 1.21. The highest BCUT2D eigenvalue weighted by Crippen LogP contribution is 2.17. The lowest BCUT2D eigenvalue weighted by molar-refractivity contribution is -0.146. The van der Waals surface area contributed by atoms with Crippen molar-refractivity contribution in [2.45, 2.75) is 98.1 Å². The van der Waals surface area contributed by atoms with Crippen LogP contribution in [0.5, 0.6) is 5.75 Å². The summed E-state index contributed by atoms with van der Waals surface area (Å²) in [5, 5.41) is 9.95. The first-order valence-corrected chi connectivity index (χ1v) is 14.1. The Balaban J connectivity index is 2.91. The van der Waals surface area contributed by atoms with Gasteiger partial charge in [-0.2, -0.15) is 0 Å². The van der Waals surface area contributed by atoms with Gasteiger partial charge in [-0.1, -0.05) is 26.0 Å². The van der Waals surface area contributed by atoms with Crippen LogP contribution in [0.4, 0.5) is 9.59 Å². The third-order valence-electron chi connectivity index (χ3n) is 5.57. The largest absolute Gasteiger partial charge is 0.514 e. The second-order valence-corrected chi connectivity index (χ2v) is 12.4. The average molecular weight is 623 g/mol. The van der Waals surface area contributed by atoms with Crippen molar-refractivity contribution in [3.8, 4) is 5.75 Å². The molecule has 1 aromatic rings. The van der Waals surface area contributed by atoms with E-state index in [1.54, 1.807) is 67.5 Å². The SMILES string of the molecule is COC(=O)C(NC(=O)CNC(=O)C(C)NC(=O)C(Cc1ccc(OC(=O)OC(C)(C)C)cc1)NC(=O)OC(C)(C)C)C(C)C. The average Bonchev–Trinajstić information content (AvgIpc) is 2.88. The summed E-state index contributed by atoms with van der Waals surface area (Å²) >= 11 is 0. The van der Waals surface area contributed by atoms with Gasteiger partial charge in [-0.05, 0) is 72.1 Å². The van der Waals surface area contributed by atoms with E-state index in [2.05, 4.69) is 26.0 Å². The van der Waals surface area contributed by atoms with Crippen molar-refractivity contribution in [1.29, 1.82) is 0 Å². The molecular formula is C30H46N4O10. The summed E-state index contributed by atoms with van der Waals surface area (Å²) < 4.78 is 20.3. The van der Waals surface area contributed by atoms with E-state index in [-0.39, 0.29) is 18.1 Å². The lowest BCUT2D eigenvalue weighted by Crippen LogP contribution is -2.55. The van der Waals surface area contributed by atoms with Gasteiger partial charge in [0.1, 0.15) is 35.1 Å². The number of amides is 4. The monoisotopic (exact) mass is 622 g/mol. The van der Waals surface area contributed by atoms with Crippen LogP contribution in [-0.2, 0) is 39.8 Å². The van der Waals surface area contributed by atoms with Gasteiger partial charge in [-0.25, -0.2) is 14.4 Å². The normalized spacial score (nSPS) is 13.4. The number of esters is 1. The zero-order valence-electron chi connectivity index (χ0n) is 27.1. The number of carbonyl (C=O) groups excluding carboxylic acids is 6. The summed E-state index contributed by atoms with van der Waals surface area (Å²) in [5.41, 5.74) is -0.967. The maximum absolute atomic E-state index is 13.2. The van der Waals surface area contributed by atoms with Crippen LogP contribution in [0.25, 0.3) is 0 Å². The fourth-order valence-electron chi connectivity index (χ4n) is 3.50. The number of hydrogen-bond acceptors (Lipinski definition) is 10. The minimum Gasteiger partial charge on any atom is -0.467 e. The van der Waals surface area contributed by atoms with Gasteiger partial charge in [0.05, 0.1) is 13.7 Å². The number of carbonyl (C=O) groups is 6. The number of alkyl carbamates (subject to hydrolysis) is 1. The Morgan fingerprint density at radius 3 is 1.84 bits per heavy atom. The van der Waals surface area contributed by atoms with Crippen LogP contribution >= 0.6 is 0 Å². The third-order valence-corrected chi connectivity index (χ3v) is 5.57. The molecule has 0 fully saturated rings. The van der Waals surface area contributed by atoms with Gasteiger partial charge in [0, 0.05) is 6.42 Å². The van der Waals surface area contributed by atoms with Crippen LogP contribution in [-0.4, -0.2) is 78.9 Å². The van der Waals surface area contributed by atoms with Gasteiger partial charge < -0.3 is 40.2 Å². The highest BCUT2D eigenvalue weighted by Gasteiger charge is 2.28. The topological polar surface area (TPSA) is 187 Å². The molecule has 0 bridgehead atoms. The molecule has 44 heavy (non-hydrogen) atoms. The lowest BCUT2D eigenvalue weighted by Gasteiger charge is -2.24. The Hall–Kier alpha value is -4.36. The van der Waals surface area contributed by atoms with Crippen molar-refractivity contribution in [2.75, 3.05) is 13.7 Å². The van der Waals surface area contributed by atoms with Crippen molar-refractivity contribution in [3.05, 3.63) is 29.8 Å². The summed E-state index contributed by atoms with van der Waals surface area (Å²) in [6.45, 7) is 14.5. The molecule has 1 rings (SSSR count). The van der Waals surface area contributed by atoms with E-state index >= 15 is 0 Å². The van der Waals surface area contributed by atoms with Gasteiger partial charge in [-0.3, -0.25) is 14.4 Å². The van der Waals surface area contributed by atoms with Gasteiger partial charge in [-0.15, -0.1) is 0 Å². The Morgan fingerprint density at radius 2 is 1.34 bits per heavy atom. The molecule has 14 heteroatoms. The Labute approximate surface area is 258 Å². The van der Waals surface area contributed by atoms with Crippen LogP contribution in [0.15, 0.2) is 24.3 Å². The second kappa shape index (κ2) is 16.5. The fraction of sp³-hybridized carbons (Fsp3) is 0.600. The first-order valence-electron chi connectivity index (χ1n) is 14.1. The van der Waals surface area contributed by atoms with E-state index in [1.807, 2.05) is 0 Å². The van der Waals surface area contributed by atoms with E-state index in [0.717, 1.165) is 0 Å². The van der Waals surface area contributed by atoms with Crippen LogP contribution in [0.1, 0.15) is 67.9 Å². The number of ether oxygens (including phenoxy) is 4. The molecule has 1 aromatic carbocycles. The predicted molar refractivity (Wildman–Crippen MR) is 160 cm³/mol. The van der Waals surface area contributed by atoms with E-state index < -0.39 is 71.8 Å². The molecule has 0 aliphatic rings. The Bertz CT molecular complexity index is 1170. The molecular weight excluding hydrogens is 576 g/mol. The zero-order chi connectivity index (χ0) is 33.8. The number of methoxy groups -OCH3 is 1. The van der Waals surface area contributed by atoms with E-state index in [9.17, 15) is 28.8 Å². The third kappa shape index (κ3) is 14.7. The molecule has 14 nitrogen and oxygen atoms in total. The minimum atomic E-state index is -1.16. The van der Waals surface area contributed by atoms with Crippen molar-refractivity contribution >= 4 is 35.9 Å². The maximum Gasteiger partial charge on any atom is 0.514 e. The van der Waals surface area contributed by atoms with Crippen molar-refractivity contribution in [3.63, 3.8) is 0 Å². The molecule has 4 amide bonds. The molecule has 4 N–H and O–H groups in total. The molecule has 0 saturated heterocycles. The first kappa shape index (κ1) is 37.7. The Morgan fingerprint density at radius 1 is 0.773 bits per heavy atom. The second-order valence-electron chi connectivity index (χ2n) is 12.4. The molecule has 246 valence electrons. The van der Waals surface area contributed by atoms with E-state index in [0.29, 0.717) is 5.56 Å². The highest BCUT2D eigenvalue weighted by atomic mass is 16.7. The smallest absolute Gasteiger partial charge is 0.467 e. The summed E-state index contributed by atoms with van der Waals surface area (Å²) in [6, 6.07) is 3.07. The number of nitrogens with one attached hydrogen (secondary N) is 4. The predicted octanol–water partition coefficient (Wildman–Crippen LogP) is 2.37. The quantitative estimate of drug-likeness (QED) is 0.153. The maximum atomic E-state index is 13.2. The molecule has 0 saturated carbocycles. The van der Waals surface area contributed by atoms with Crippen molar-refractivity contribution < 1.29 is 47.7 Å². The standard InChI is InChI=1S/C30H46N4O10/c1-17(2)23(26(38)41-10)34-22(35)16-31-24(36)18(3)32-25(37)21(33-27(39)43-29(4,5)6)15-19-11-13-20(14-12-19)42-28(40)44-30(7,8)9/h11-14,17-18,21,23H,15-16H2,1-10H3,(H,31,36)(H,32,37)(H,33,39)(H,34,35). The van der Waals surface area contributed by atoms with Crippen LogP contribution < -0.4 is 26.0 Å². The molecule has 0 radical (unpaired) electrons. The van der Waals surface area contributed by atoms with Crippen LogP contribution in [0.3, 0.4) is 0 Å². The van der Waals surface area contributed by atoms with Crippen molar-refractivity contribution in [1.82, 2.24) is 21.3 Å². The highest BCUT2D eigenvalue weighted by molar-refractivity contribution is 5.93. The van der Waals surface area contributed by atoms with Gasteiger partial charge >= 0.3 is 18.2 Å². The summed E-state index contributed by atoms with van der Waals surface area (Å²) in [5.74, 6) is -2.64. The first-order chi connectivity index (χ1) is 20.2. The molecule has 3 unspecified atom stereocenters. The molecule has 0 heterocycles. The molecule has 3 atom stereocenters. The molecule has 0 aliphatic carbocycles. The number of hydrogen-bond donors (Lipinski definition) is 4. The summed E-state index contributed by atoms with van der Waals surface area (Å²) in [4.78, 5) is 74.5. The van der Waals surface area contributed by atoms with Gasteiger partial charge in [0.15, 0.2) is 0 Å². The van der Waals surface area contributed by atoms with Crippen LogP contribution in [0, 0.1) is 5.92 Å². The molecule has 0 aromatic heterocycles. The van der Waals surface area contributed by atoms with Gasteiger partial charge in [0.25, 0.3) is 0 Å². The Kier molecular flexibility index (Phi) is 14.1. The van der Waals surface area contributed by atoms with Crippen molar-refractivity contribution in [2.24, 2.45) is 5.92 Å². The number of rotatable bonds is 12. The summed E-state index contributed by atoms with van der Waals surface area (Å²) in [6.07, 6.45) is -1.72. The lowest BCUT2D eigenvalue weighted by atomic mass is 10.0. The molecule has 0 spiro atoms. The fourth-order valence-corrected chi connectivity index (χ4v) is 3.50. The number of benzene rings is 1.